The summed E-state index contributed by atoms with van der Waals surface area (Å²) in [5.41, 5.74) is -1.56. The highest BCUT2D eigenvalue weighted by Gasteiger charge is 2.33. The molecule has 0 aliphatic rings. The van der Waals surface area contributed by atoms with Crippen molar-refractivity contribution in [2.24, 2.45) is 7.05 Å². The van der Waals surface area contributed by atoms with Gasteiger partial charge in [-0.2, -0.15) is 0 Å². The normalized spacial score (nSPS) is 14.6. The number of aryl methyl sites for hydroxylation is 1. The minimum Gasteiger partial charge on any atom is -0.379 e. The fourth-order valence-electron chi connectivity index (χ4n) is 1.75. The summed E-state index contributed by atoms with van der Waals surface area (Å²) in [6.07, 6.45) is 1.31. The van der Waals surface area contributed by atoms with Gasteiger partial charge in [0.1, 0.15) is 5.60 Å². The molecule has 0 saturated carbocycles. The van der Waals surface area contributed by atoms with Gasteiger partial charge in [-0.15, -0.1) is 5.10 Å². The predicted molar refractivity (Wildman–Crippen MR) is 56.0 cm³/mol. The van der Waals surface area contributed by atoms with Gasteiger partial charge in [-0.3, -0.25) is 0 Å². The average molecular weight is 239 g/mol. The number of hydrogen-bond acceptors (Lipinski definition) is 3. The molecular weight excluding hydrogens is 228 g/mol. The summed E-state index contributed by atoms with van der Waals surface area (Å²) in [5.74, 6) is -2.07. The smallest absolute Gasteiger partial charge is 0.165 e. The van der Waals surface area contributed by atoms with Crippen LogP contribution in [0.4, 0.5) is 8.78 Å². The molecule has 0 saturated heterocycles. The van der Waals surface area contributed by atoms with Crippen LogP contribution in [0.15, 0.2) is 24.4 Å². The molecule has 0 aliphatic carbocycles. The Hall–Kier alpha value is -1.82. The molecule has 1 aromatic heterocycles. The van der Waals surface area contributed by atoms with Gasteiger partial charge in [-0.1, -0.05) is 17.3 Å². The highest BCUT2D eigenvalue weighted by molar-refractivity contribution is 5.31. The average Bonchev–Trinajstić information content (AvgIpc) is 2.69. The van der Waals surface area contributed by atoms with Gasteiger partial charge in [0.05, 0.1) is 11.9 Å². The lowest BCUT2D eigenvalue weighted by Crippen LogP contribution is -2.27. The lowest BCUT2D eigenvalue weighted by molar-refractivity contribution is 0.0879. The second-order valence-corrected chi connectivity index (χ2v) is 3.92. The Bertz CT molecular complexity index is 551. The van der Waals surface area contributed by atoms with Crippen LogP contribution in [0.1, 0.15) is 18.2 Å². The Labute approximate surface area is 96.5 Å². The predicted octanol–water partition coefficient (Wildman–Crippen LogP) is 1.35. The van der Waals surface area contributed by atoms with Crippen LogP contribution in [0.2, 0.25) is 0 Å². The second kappa shape index (κ2) is 3.89. The number of aromatic nitrogens is 3. The Morgan fingerprint density at radius 2 is 2.06 bits per heavy atom. The van der Waals surface area contributed by atoms with Gasteiger partial charge in [-0.25, -0.2) is 13.5 Å². The van der Waals surface area contributed by atoms with E-state index >= 15 is 0 Å². The van der Waals surface area contributed by atoms with E-state index in [9.17, 15) is 13.9 Å². The quantitative estimate of drug-likeness (QED) is 0.860. The van der Waals surface area contributed by atoms with Gasteiger partial charge in [0, 0.05) is 12.6 Å². The van der Waals surface area contributed by atoms with Crippen LogP contribution >= 0.6 is 0 Å². The first-order valence-corrected chi connectivity index (χ1v) is 4.96. The fourth-order valence-corrected chi connectivity index (χ4v) is 1.75. The molecule has 0 bridgehead atoms. The molecule has 2 aromatic rings. The SMILES string of the molecule is Cn1nncc1C(C)(O)c1cccc(F)c1F. The van der Waals surface area contributed by atoms with E-state index in [1.807, 2.05) is 0 Å². The first-order chi connectivity index (χ1) is 7.94. The molecule has 90 valence electrons. The summed E-state index contributed by atoms with van der Waals surface area (Å²) in [7, 11) is 1.56. The van der Waals surface area contributed by atoms with Crippen LogP contribution < -0.4 is 0 Å². The standard InChI is InChI=1S/C11H11F2N3O/c1-11(17,9-6-14-15-16(9)2)7-4-3-5-8(12)10(7)13/h3-6,17H,1-2H3. The summed E-state index contributed by atoms with van der Waals surface area (Å²) in [4.78, 5) is 0. The molecule has 6 heteroatoms. The lowest BCUT2D eigenvalue weighted by atomic mass is 9.92. The summed E-state index contributed by atoms with van der Waals surface area (Å²) in [6, 6.07) is 3.66. The van der Waals surface area contributed by atoms with Crippen molar-refractivity contribution in [1.82, 2.24) is 15.0 Å². The maximum atomic E-state index is 13.6. The third kappa shape index (κ3) is 1.80. The zero-order chi connectivity index (χ0) is 12.6. The van der Waals surface area contributed by atoms with Gasteiger partial charge >= 0.3 is 0 Å². The maximum absolute atomic E-state index is 13.6. The molecule has 0 fully saturated rings. The van der Waals surface area contributed by atoms with E-state index in [1.165, 1.54) is 29.9 Å². The molecule has 0 amide bonds. The van der Waals surface area contributed by atoms with Crippen LogP contribution in [0.5, 0.6) is 0 Å². The van der Waals surface area contributed by atoms with Crippen molar-refractivity contribution in [2.45, 2.75) is 12.5 Å². The first kappa shape index (κ1) is 11.7. The van der Waals surface area contributed by atoms with Crippen molar-refractivity contribution in [3.05, 3.63) is 47.3 Å². The van der Waals surface area contributed by atoms with Crippen LogP contribution in [-0.4, -0.2) is 20.1 Å². The molecular formula is C11H11F2N3O. The summed E-state index contributed by atoms with van der Waals surface area (Å²) in [5, 5.41) is 17.6. The van der Waals surface area contributed by atoms with E-state index in [1.54, 1.807) is 7.05 Å². The van der Waals surface area contributed by atoms with E-state index in [0.29, 0.717) is 0 Å². The number of nitrogens with zero attached hydrogens (tertiary/aromatic N) is 3. The van der Waals surface area contributed by atoms with E-state index in [0.717, 1.165) is 6.07 Å². The van der Waals surface area contributed by atoms with Crippen LogP contribution in [0, 0.1) is 11.6 Å². The molecule has 4 nitrogen and oxygen atoms in total. The van der Waals surface area contributed by atoms with Gasteiger partial charge in [0.15, 0.2) is 11.6 Å². The summed E-state index contributed by atoms with van der Waals surface area (Å²) in [6.45, 7) is 1.36. The zero-order valence-electron chi connectivity index (χ0n) is 9.35. The second-order valence-electron chi connectivity index (χ2n) is 3.92. The third-order valence-corrected chi connectivity index (χ3v) is 2.69. The fraction of sp³-hybridized carbons (Fsp3) is 0.273. The lowest BCUT2D eigenvalue weighted by Gasteiger charge is -2.23. The largest absolute Gasteiger partial charge is 0.379 e. The Morgan fingerprint density at radius 1 is 1.35 bits per heavy atom. The third-order valence-electron chi connectivity index (χ3n) is 2.69. The minimum absolute atomic E-state index is 0.150. The molecule has 0 aliphatic heterocycles. The van der Waals surface area contributed by atoms with Crippen molar-refractivity contribution in [1.29, 1.82) is 0 Å². The van der Waals surface area contributed by atoms with Crippen LogP contribution in [-0.2, 0) is 12.6 Å². The van der Waals surface area contributed by atoms with Crippen molar-refractivity contribution >= 4 is 0 Å². The molecule has 1 atom stereocenters. The Kier molecular flexibility index (Phi) is 2.66. The van der Waals surface area contributed by atoms with E-state index < -0.39 is 17.2 Å². The molecule has 2 rings (SSSR count). The highest BCUT2D eigenvalue weighted by Crippen LogP contribution is 2.30. The monoisotopic (exact) mass is 239 g/mol. The minimum atomic E-state index is -1.69. The number of hydrogen-bond donors (Lipinski definition) is 1. The topological polar surface area (TPSA) is 50.9 Å². The van der Waals surface area contributed by atoms with E-state index in [-0.39, 0.29) is 11.3 Å². The molecule has 17 heavy (non-hydrogen) atoms. The van der Waals surface area contributed by atoms with E-state index in [2.05, 4.69) is 10.3 Å². The summed E-state index contributed by atoms with van der Waals surface area (Å²) < 4.78 is 28.1. The van der Waals surface area contributed by atoms with Gasteiger partial charge in [0.2, 0.25) is 0 Å². The molecule has 0 radical (unpaired) electrons. The van der Waals surface area contributed by atoms with Crippen molar-refractivity contribution in [2.75, 3.05) is 0 Å². The van der Waals surface area contributed by atoms with Crippen LogP contribution in [0.3, 0.4) is 0 Å². The maximum Gasteiger partial charge on any atom is 0.165 e. The number of benzene rings is 1. The van der Waals surface area contributed by atoms with Gasteiger partial charge < -0.3 is 5.11 Å². The van der Waals surface area contributed by atoms with E-state index in [4.69, 9.17) is 0 Å². The van der Waals surface area contributed by atoms with Crippen molar-refractivity contribution < 1.29 is 13.9 Å². The van der Waals surface area contributed by atoms with Crippen molar-refractivity contribution in [3.8, 4) is 0 Å². The zero-order valence-corrected chi connectivity index (χ0v) is 9.35. The Balaban J connectivity index is 2.60. The molecule has 1 unspecified atom stereocenters. The first-order valence-electron chi connectivity index (χ1n) is 4.96. The highest BCUT2D eigenvalue weighted by atomic mass is 19.2. The summed E-state index contributed by atoms with van der Waals surface area (Å²) >= 11 is 0. The Morgan fingerprint density at radius 3 is 2.65 bits per heavy atom. The number of aliphatic hydroxyl groups is 1. The molecule has 1 aromatic carbocycles. The number of rotatable bonds is 2. The number of halogens is 2. The molecule has 0 spiro atoms. The van der Waals surface area contributed by atoms with Gasteiger partial charge in [0.25, 0.3) is 0 Å². The molecule has 1 N–H and O–H groups in total. The van der Waals surface area contributed by atoms with Crippen molar-refractivity contribution in [3.63, 3.8) is 0 Å². The van der Waals surface area contributed by atoms with Gasteiger partial charge in [-0.05, 0) is 13.0 Å². The molecule has 1 heterocycles. The van der Waals surface area contributed by atoms with Crippen LogP contribution in [0.25, 0.3) is 0 Å².